The van der Waals surface area contributed by atoms with E-state index in [0.717, 1.165) is 0 Å². The van der Waals surface area contributed by atoms with Gasteiger partial charge in [-0.15, -0.1) is 0 Å². The average Bonchev–Trinajstić information content (AvgIpc) is 3.15. The lowest BCUT2D eigenvalue weighted by Gasteiger charge is -2.25. The van der Waals surface area contributed by atoms with Crippen LogP contribution in [-0.4, -0.2) is 65.2 Å². The van der Waals surface area contributed by atoms with Crippen molar-refractivity contribution >= 4 is 47.3 Å². The number of nitrogens with two attached hydrogens (primary N) is 1. The molecule has 11 heteroatoms. The topological polar surface area (TPSA) is 159 Å². The van der Waals surface area contributed by atoms with Crippen molar-refractivity contribution in [3.63, 3.8) is 0 Å². The first kappa shape index (κ1) is 22.2. The molecule has 0 spiro atoms. The molecule has 0 unspecified atom stereocenters. The van der Waals surface area contributed by atoms with Gasteiger partial charge in [0.05, 0.1) is 29.6 Å². The van der Waals surface area contributed by atoms with Crippen LogP contribution in [0.1, 0.15) is 29.6 Å². The third-order valence-corrected chi connectivity index (χ3v) is 4.71. The van der Waals surface area contributed by atoms with Gasteiger partial charge in [0.1, 0.15) is 12.3 Å². The van der Waals surface area contributed by atoms with Crippen LogP contribution in [0.4, 0.5) is 5.69 Å². The monoisotopic (exact) mass is 424 g/mol. The number of anilines is 1. The van der Waals surface area contributed by atoms with Crippen molar-refractivity contribution < 1.29 is 29.1 Å². The van der Waals surface area contributed by atoms with Gasteiger partial charge in [-0.05, 0) is 31.0 Å². The number of benzene rings is 1. The number of nitrogen functional groups attached to an aromatic ring is 1. The molecule has 10 nitrogen and oxygen atoms in total. The number of carbonyl (C=O) groups excluding carboxylic acids is 4. The summed E-state index contributed by atoms with van der Waals surface area (Å²) in [5.74, 6) is -2.89. The Balaban J connectivity index is 1.95. The van der Waals surface area contributed by atoms with Crippen LogP contribution in [0.5, 0.6) is 0 Å². The summed E-state index contributed by atoms with van der Waals surface area (Å²) < 4.78 is 0. The summed E-state index contributed by atoms with van der Waals surface area (Å²) in [6, 6.07) is 2.34. The Morgan fingerprint density at radius 2 is 2.07 bits per heavy atom. The smallest absolute Gasteiger partial charge is 0.305 e. The number of carbonyl (C=O) groups is 5. The first-order chi connectivity index (χ1) is 13.7. The van der Waals surface area contributed by atoms with E-state index < -0.39 is 42.2 Å². The summed E-state index contributed by atoms with van der Waals surface area (Å²) in [6.45, 7) is -0.0460. The third kappa shape index (κ3) is 5.92. The van der Waals surface area contributed by atoms with Crippen LogP contribution in [0, 0.1) is 0 Å². The summed E-state index contributed by atoms with van der Waals surface area (Å²) in [7, 11) is 0. The second kappa shape index (κ2) is 9.87. The predicted molar refractivity (Wildman–Crippen MR) is 103 cm³/mol. The number of halogens is 1. The second-order valence-electron chi connectivity index (χ2n) is 6.52. The number of likely N-dealkylation sites (tertiary alicyclic amines) is 1. The van der Waals surface area contributed by atoms with Gasteiger partial charge >= 0.3 is 5.97 Å². The zero-order valence-electron chi connectivity index (χ0n) is 15.4. The molecule has 29 heavy (non-hydrogen) atoms. The Morgan fingerprint density at radius 3 is 2.69 bits per heavy atom. The van der Waals surface area contributed by atoms with E-state index in [1.165, 1.54) is 23.1 Å². The predicted octanol–water partition coefficient (Wildman–Crippen LogP) is -0.199. The molecule has 3 amide bonds. The molecule has 2 atom stereocenters. The van der Waals surface area contributed by atoms with E-state index in [-0.39, 0.29) is 17.1 Å². The summed E-state index contributed by atoms with van der Waals surface area (Å²) in [4.78, 5) is 60.0. The van der Waals surface area contributed by atoms with Crippen molar-refractivity contribution in [3.8, 4) is 0 Å². The van der Waals surface area contributed by atoms with Gasteiger partial charge in [-0.3, -0.25) is 19.2 Å². The SMILES string of the molecule is Nc1ccc(C(=O)NCC(=O)N2CCC[C@H]2C(=O)N[C@H](C=O)CC(=O)O)c(Cl)c1. The number of aldehydes is 1. The molecule has 0 radical (unpaired) electrons. The van der Waals surface area contributed by atoms with Crippen LogP contribution in [-0.2, 0) is 19.2 Å². The third-order valence-electron chi connectivity index (χ3n) is 4.40. The van der Waals surface area contributed by atoms with Gasteiger partial charge in [-0.25, -0.2) is 0 Å². The molecule has 0 saturated carbocycles. The highest BCUT2D eigenvalue weighted by Gasteiger charge is 2.35. The van der Waals surface area contributed by atoms with Crippen molar-refractivity contribution in [1.82, 2.24) is 15.5 Å². The normalized spacial score (nSPS) is 16.7. The number of nitrogens with zero attached hydrogens (tertiary/aromatic N) is 1. The Bertz CT molecular complexity index is 831. The first-order valence-electron chi connectivity index (χ1n) is 8.83. The van der Waals surface area contributed by atoms with Crippen molar-refractivity contribution in [2.75, 3.05) is 18.8 Å². The largest absolute Gasteiger partial charge is 0.481 e. The van der Waals surface area contributed by atoms with Crippen LogP contribution in [0.25, 0.3) is 0 Å². The maximum absolute atomic E-state index is 12.5. The van der Waals surface area contributed by atoms with E-state index in [1.54, 1.807) is 0 Å². The van der Waals surface area contributed by atoms with Crippen LogP contribution < -0.4 is 16.4 Å². The molecular weight excluding hydrogens is 404 g/mol. The van der Waals surface area contributed by atoms with Gasteiger partial charge in [0.15, 0.2) is 0 Å². The van der Waals surface area contributed by atoms with Gasteiger partial charge in [-0.1, -0.05) is 11.6 Å². The molecule has 0 aromatic heterocycles. The quantitative estimate of drug-likeness (QED) is 0.332. The van der Waals surface area contributed by atoms with Crippen LogP contribution in [0.15, 0.2) is 18.2 Å². The summed E-state index contributed by atoms with van der Waals surface area (Å²) >= 11 is 5.97. The Kier molecular flexibility index (Phi) is 7.54. The zero-order valence-corrected chi connectivity index (χ0v) is 16.1. The minimum absolute atomic E-state index is 0.145. The van der Waals surface area contributed by atoms with Gasteiger partial charge in [0, 0.05) is 12.2 Å². The number of carboxylic acid groups (broad SMARTS) is 1. The van der Waals surface area contributed by atoms with Gasteiger partial charge in [0.2, 0.25) is 11.8 Å². The molecule has 156 valence electrons. The highest BCUT2D eigenvalue weighted by atomic mass is 35.5. The summed E-state index contributed by atoms with van der Waals surface area (Å²) in [5, 5.41) is 13.7. The van der Waals surface area contributed by atoms with Gasteiger partial charge < -0.3 is 31.2 Å². The molecule has 1 saturated heterocycles. The van der Waals surface area contributed by atoms with Crippen LogP contribution >= 0.6 is 11.6 Å². The standard InChI is InChI=1S/C18H21ClN4O6/c19-13-6-10(20)3-4-12(13)17(28)21-8-15(25)23-5-1-2-14(23)18(29)22-11(9-24)7-16(26)27/h3-4,6,9,11,14H,1-2,5,7-8,20H2,(H,21,28)(H,22,29)(H,26,27)/t11-,14-/m0/s1. The number of rotatable bonds is 8. The molecule has 1 heterocycles. The molecule has 0 aliphatic carbocycles. The van der Waals surface area contributed by atoms with Crippen molar-refractivity contribution in [3.05, 3.63) is 28.8 Å². The number of aliphatic carboxylic acids is 1. The number of carboxylic acids is 1. The van der Waals surface area contributed by atoms with Crippen molar-refractivity contribution in [2.24, 2.45) is 0 Å². The Labute approximate surface area is 171 Å². The fourth-order valence-corrected chi connectivity index (χ4v) is 3.28. The fraction of sp³-hybridized carbons (Fsp3) is 0.389. The van der Waals surface area contributed by atoms with E-state index in [4.69, 9.17) is 22.4 Å². The van der Waals surface area contributed by atoms with Crippen LogP contribution in [0.3, 0.4) is 0 Å². The molecule has 1 aromatic rings. The van der Waals surface area contributed by atoms with E-state index in [2.05, 4.69) is 10.6 Å². The highest BCUT2D eigenvalue weighted by molar-refractivity contribution is 6.34. The molecule has 2 rings (SSSR count). The van der Waals surface area contributed by atoms with E-state index in [9.17, 15) is 24.0 Å². The van der Waals surface area contributed by atoms with E-state index >= 15 is 0 Å². The molecular formula is C18H21ClN4O6. The molecule has 0 bridgehead atoms. The summed E-state index contributed by atoms with van der Waals surface area (Å²) in [6.07, 6.45) is 0.720. The van der Waals surface area contributed by atoms with Crippen molar-refractivity contribution in [2.45, 2.75) is 31.3 Å². The lowest BCUT2D eigenvalue weighted by molar-refractivity contribution is -0.140. The summed E-state index contributed by atoms with van der Waals surface area (Å²) in [5.41, 5.74) is 6.13. The molecule has 5 N–H and O–H groups in total. The average molecular weight is 425 g/mol. The fourth-order valence-electron chi connectivity index (χ4n) is 3.01. The molecule has 1 aromatic carbocycles. The molecule has 1 fully saturated rings. The maximum Gasteiger partial charge on any atom is 0.305 e. The van der Waals surface area contributed by atoms with Gasteiger partial charge in [-0.2, -0.15) is 0 Å². The minimum Gasteiger partial charge on any atom is -0.481 e. The van der Waals surface area contributed by atoms with E-state index in [1.807, 2.05) is 0 Å². The van der Waals surface area contributed by atoms with Gasteiger partial charge in [0.25, 0.3) is 5.91 Å². The van der Waals surface area contributed by atoms with Crippen molar-refractivity contribution in [1.29, 1.82) is 0 Å². The molecule has 1 aliphatic heterocycles. The van der Waals surface area contributed by atoms with E-state index in [0.29, 0.717) is 31.4 Å². The highest BCUT2D eigenvalue weighted by Crippen LogP contribution is 2.20. The number of amides is 3. The second-order valence-corrected chi connectivity index (χ2v) is 6.92. The lowest BCUT2D eigenvalue weighted by Crippen LogP contribution is -2.51. The molecule has 1 aliphatic rings. The number of hydrogen-bond acceptors (Lipinski definition) is 6. The Morgan fingerprint density at radius 1 is 1.34 bits per heavy atom. The van der Waals surface area contributed by atoms with Crippen LogP contribution in [0.2, 0.25) is 5.02 Å². The minimum atomic E-state index is -1.23. The number of hydrogen-bond donors (Lipinski definition) is 4. The maximum atomic E-state index is 12.5. The number of nitrogens with one attached hydrogen (secondary N) is 2. The zero-order chi connectivity index (χ0) is 21.6. The Hall–Kier alpha value is -3.14. The first-order valence-corrected chi connectivity index (χ1v) is 9.21. The lowest BCUT2D eigenvalue weighted by atomic mass is 10.1.